The summed E-state index contributed by atoms with van der Waals surface area (Å²) in [5, 5.41) is 4.89. The van der Waals surface area contributed by atoms with E-state index in [0.717, 1.165) is 10.4 Å². The molecule has 0 fully saturated rings. The Bertz CT molecular complexity index is 1110. The van der Waals surface area contributed by atoms with Gasteiger partial charge in [0, 0.05) is 37.4 Å². The van der Waals surface area contributed by atoms with Crippen molar-refractivity contribution in [1.82, 2.24) is 9.80 Å². The maximum Gasteiger partial charge on any atom is 0.322 e. The number of carbonyl (C=O) groups is 2. The van der Waals surface area contributed by atoms with Crippen LogP contribution in [0.25, 0.3) is 0 Å². The quantitative estimate of drug-likeness (QED) is 0.303. The van der Waals surface area contributed by atoms with Crippen LogP contribution in [0.1, 0.15) is 16.9 Å². The van der Waals surface area contributed by atoms with E-state index in [1.807, 2.05) is 70.9 Å². The molecular weight excluding hydrogens is 490 g/mol. The summed E-state index contributed by atoms with van der Waals surface area (Å²) in [6.07, 6.45) is 1.26. The zero-order valence-corrected chi connectivity index (χ0v) is 22.5. The zero-order valence-electron chi connectivity index (χ0n) is 21.6. The first-order valence-corrected chi connectivity index (χ1v) is 13.0. The van der Waals surface area contributed by atoms with Crippen LogP contribution in [0.5, 0.6) is 11.5 Å². The minimum Gasteiger partial charge on any atom is -0.493 e. The second-order valence-corrected chi connectivity index (χ2v) is 9.43. The fourth-order valence-electron chi connectivity index (χ4n) is 3.82. The highest BCUT2D eigenvalue weighted by atomic mass is 32.1. The molecule has 37 heavy (non-hydrogen) atoms. The van der Waals surface area contributed by atoms with E-state index in [-0.39, 0.29) is 18.5 Å². The number of nitrogens with zero attached hydrogens (tertiary/aromatic N) is 2. The van der Waals surface area contributed by atoms with Crippen LogP contribution < -0.4 is 14.8 Å². The summed E-state index contributed by atoms with van der Waals surface area (Å²) in [7, 11) is 4.83. The van der Waals surface area contributed by atoms with Gasteiger partial charge in [0.25, 0.3) is 0 Å². The number of hydrogen-bond donors (Lipinski definition) is 1. The van der Waals surface area contributed by atoms with Crippen molar-refractivity contribution in [2.75, 3.05) is 52.9 Å². The zero-order chi connectivity index (χ0) is 26.5. The van der Waals surface area contributed by atoms with Gasteiger partial charge < -0.3 is 29.3 Å². The van der Waals surface area contributed by atoms with E-state index in [4.69, 9.17) is 14.2 Å². The SMILES string of the molecule is COCCCN(CC(=O)N(CCc1ccc(OC)c(OC)c1)Cc1cccs1)C(=O)Nc1ccccc1. The van der Waals surface area contributed by atoms with Crippen LogP contribution in [0, 0.1) is 0 Å². The minimum atomic E-state index is -0.313. The van der Waals surface area contributed by atoms with Crippen LogP contribution in [0.2, 0.25) is 0 Å². The molecule has 1 N–H and O–H groups in total. The number of methoxy groups -OCH3 is 3. The van der Waals surface area contributed by atoms with Crippen LogP contribution in [0.3, 0.4) is 0 Å². The molecule has 3 aromatic rings. The standard InChI is InChI=1S/C28H35N3O5S/c1-34-17-8-15-31(28(33)29-23-9-5-4-6-10-23)21-27(32)30(20-24-11-7-18-37-24)16-14-22-12-13-25(35-2)26(19-22)36-3/h4-7,9-13,18-19H,8,14-17,20-21H2,1-3H3,(H,29,33). The molecular formula is C28H35N3O5S. The van der Waals surface area contributed by atoms with Crippen LogP contribution >= 0.6 is 11.3 Å². The molecule has 0 saturated heterocycles. The maximum atomic E-state index is 13.5. The Hall–Kier alpha value is -3.56. The van der Waals surface area contributed by atoms with Gasteiger partial charge in [-0.1, -0.05) is 30.3 Å². The third-order valence-electron chi connectivity index (χ3n) is 5.81. The summed E-state index contributed by atoms with van der Waals surface area (Å²) in [4.78, 5) is 31.1. The molecule has 8 nitrogen and oxygen atoms in total. The monoisotopic (exact) mass is 525 g/mol. The number of hydrogen-bond acceptors (Lipinski definition) is 6. The van der Waals surface area contributed by atoms with Gasteiger partial charge in [0.2, 0.25) is 5.91 Å². The molecule has 198 valence electrons. The molecule has 2 aromatic carbocycles. The first-order chi connectivity index (χ1) is 18.0. The lowest BCUT2D eigenvalue weighted by Gasteiger charge is -2.28. The summed E-state index contributed by atoms with van der Waals surface area (Å²) in [6.45, 7) is 1.86. The molecule has 0 radical (unpaired) electrons. The molecule has 1 aromatic heterocycles. The van der Waals surface area contributed by atoms with Crippen LogP contribution in [0.15, 0.2) is 66.0 Å². The van der Waals surface area contributed by atoms with Gasteiger partial charge >= 0.3 is 6.03 Å². The van der Waals surface area contributed by atoms with Gasteiger partial charge in [-0.15, -0.1) is 11.3 Å². The maximum absolute atomic E-state index is 13.5. The fourth-order valence-corrected chi connectivity index (χ4v) is 4.54. The Balaban J connectivity index is 1.72. The van der Waals surface area contributed by atoms with E-state index in [0.29, 0.717) is 56.3 Å². The Morgan fingerprint density at radius 1 is 0.892 bits per heavy atom. The molecule has 0 atom stereocenters. The van der Waals surface area contributed by atoms with E-state index in [9.17, 15) is 9.59 Å². The number of ether oxygens (including phenoxy) is 3. The number of nitrogens with one attached hydrogen (secondary N) is 1. The van der Waals surface area contributed by atoms with Gasteiger partial charge in [0.1, 0.15) is 6.54 Å². The molecule has 3 rings (SSSR count). The minimum absolute atomic E-state index is 0.0281. The Labute approximate surface area is 222 Å². The van der Waals surface area contributed by atoms with Crippen molar-refractivity contribution in [1.29, 1.82) is 0 Å². The van der Waals surface area contributed by atoms with E-state index in [1.54, 1.807) is 37.6 Å². The lowest BCUT2D eigenvalue weighted by Crippen LogP contribution is -2.45. The molecule has 1 heterocycles. The lowest BCUT2D eigenvalue weighted by molar-refractivity contribution is -0.132. The van der Waals surface area contributed by atoms with Gasteiger partial charge in [-0.3, -0.25) is 4.79 Å². The average molecular weight is 526 g/mol. The average Bonchev–Trinajstić information content (AvgIpc) is 3.44. The van der Waals surface area contributed by atoms with Crippen molar-refractivity contribution in [3.63, 3.8) is 0 Å². The highest BCUT2D eigenvalue weighted by molar-refractivity contribution is 7.09. The number of benzene rings is 2. The normalized spacial score (nSPS) is 10.6. The fraction of sp³-hybridized carbons (Fsp3) is 0.357. The Morgan fingerprint density at radius 3 is 2.35 bits per heavy atom. The molecule has 0 aliphatic carbocycles. The predicted octanol–water partition coefficient (Wildman–Crippen LogP) is 4.91. The number of para-hydroxylation sites is 1. The van der Waals surface area contributed by atoms with Gasteiger partial charge in [0.15, 0.2) is 11.5 Å². The van der Waals surface area contributed by atoms with Gasteiger partial charge in [0.05, 0.1) is 20.8 Å². The largest absolute Gasteiger partial charge is 0.493 e. The summed E-state index contributed by atoms with van der Waals surface area (Å²) < 4.78 is 15.9. The van der Waals surface area contributed by atoms with Crippen molar-refractivity contribution >= 4 is 29.0 Å². The first-order valence-electron chi connectivity index (χ1n) is 12.1. The van der Waals surface area contributed by atoms with Crippen LogP contribution in [-0.4, -0.2) is 69.3 Å². The number of anilines is 1. The van der Waals surface area contributed by atoms with Crippen molar-refractivity contribution in [3.05, 3.63) is 76.5 Å². The summed E-state index contributed by atoms with van der Waals surface area (Å²) in [5.74, 6) is 1.20. The van der Waals surface area contributed by atoms with Crippen LogP contribution in [-0.2, 0) is 22.5 Å². The van der Waals surface area contributed by atoms with E-state index in [2.05, 4.69) is 5.32 Å². The second kappa shape index (κ2) is 14.9. The molecule has 0 unspecified atom stereocenters. The topological polar surface area (TPSA) is 80.3 Å². The van der Waals surface area contributed by atoms with Gasteiger partial charge in [-0.2, -0.15) is 0 Å². The third kappa shape index (κ3) is 8.80. The number of carbonyl (C=O) groups excluding carboxylic acids is 2. The number of amides is 3. The van der Waals surface area contributed by atoms with Crippen molar-refractivity contribution in [2.45, 2.75) is 19.4 Å². The molecule has 0 aliphatic rings. The Morgan fingerprint density at radius 2 is 1.68 bits per heavy atom. The number of urea groups is 1. The van der Waals surface area contributed by atoms with E-state index >= 15 is 0 Å². The van der Waals surface area contributed by atoms with Crippen molar-refractivity contribution in [2.24, 2.45) is 0 Å². The second-order valence-electron chi connectivity index (χ2n) is 8.40. The summed E-state index contributed by atoms with van der Waals surface area (Å²) in [6, 6.07) is 18.7. The van der Waals surface area contributed by atoms with Gasteiger partial charge in [-0.05, 0) is 54.1 Å². The molecule has 9 heteroatoms. The molecule has 0 bridgehead atoms. The van der Waals surface area contributed by atoms with E-state index in [1.165, 1.54) is 0 Å². The Kier molecular flexibility index (Phi) is 11.3. The smallest absolute Gasteiger partial charge is 0.322 e. The van der Waals surface area contributed by atoms with Crippen molar-refractivity contribution in [3.8, 4) is 11.5 Å². The highest BCUT2D eigenvalue weighted by Gasteiger charge is 2.22. The summed E-state index contributed by atoms with van der Waals surface area (Å²) in [5.41, 5.74) is 1.71. The first kappa shape index (κ1) is 28.0. The summed E-state index contributed by atoms with van der Waals surface area (Å²) >= 11 is 1.61. The number of thiophene rings is 1. The molecule has 0 spiro atoms. The number of rotatable bonds is 14. The third-order valence-corrected chi connectivity index (χ3v) is 6.67. The van der Waals surface area contributed by atoms with Gasteiger partial charge in [-0.25, -0.2) is 4.79 Å². The molecule has 0 aliphatic heterocycles. The van der Waals surface area contributed by atoms with Crippen molar-refractivity contribution < 1.29 is 23.8 Å². The predicted molar refractivity (Wildman–Crippen MR) is 147 cm³/mol. The molecule has 3 amide bonds. The van der Waals surface area contributed by atoms with Crippen LogP contribution in [0.4, 0.5) is 10.5 Å². The highest BCUT2D eigenvalue weighted by Crippen LogP contribution is 2.28. The van der Waals surface area contributed by atoms with E-state index < -0.39 is 0 Å². The lowest BCUT2D eigenvalue weighted by atomic mass is 10.1. The molecule has 0 saturated carbocycles.